The molecule has 0 aromatic heterocycles. The van der Waals surface area contributed by atoms with E-state index in [0.29, 0.717) is 15.7 Å². The van der Waals surface area contributed by atoms with Gasteiger partial charge in [0, 0.05) is 10.8 Å². The van der Waals surface area contributed by atoms with Gasteiger partial charge in [-0.25, -0.2) is 0 Å². The van der Waals surface area contributed by atoms with Gasteiger partial charge in [0.15, 0.2) is 0 Å². The Labute approximate surface area is 266 Å². The molecule has 0 saturated heterocycles. The van der Waals surface area contributed by atoms with Crippen LogP contribution in [-0.2, 0) is 0 Å². The molecule has 0 amide bonds. The summed E-state index contributed by atoms with van der Waals surface area (Å²) in [7, 11) is 4.20. The van der Waals surface area contributed by atoms with Gasteiger partial charge in [-0.05, 0) is 235 Å². The van der Waals surface area contributed by atoms with Gasteiger partial charge in [0.2, 0.25) is 0 Å². The molecule has 14 fully saturated rings. The lowest BCUT2D eigenvalue weighted by Gasteiger charge is -2.71. The van der Waals surface area contributed by atoms with Crippen molar-refractivity contribution in [3.8, 4) is 0 Å². The summed E-state index contributed by atoms with van der Waals surface area (Å²) in [4.78, 5) is 0.669. The van der Waals surface area contributed by atoms with Gasteiger partial charge in [-0.3, -0.25) is 0 Å². The molecule has 0 radical (unpaired) electrons. The molecule has 0 N–H and O–H groups in total. The van der Waals surface area contributed by atoms with Crippen LogP contribution in [0.1, 0.15) is 135 Å². The predicted octanol–water partition coefficient (Wildman–Crippen LogP) is 11.4. The third-order valence-corrected chi connectivity index (χ3v) is 27.8. The third kappa shape index (κ3) is 3.09. The lowest BCUT2D eigenvalue weighted by atomic mass is 9.47. The van der Waals surface area contributed by atoms with Gasteiger partial charge in [-0.15, -0.1) is 0 Å². The van der Waals surface area contributed by atoms with Gasteiger partial charge in [0.1, 0.15) is 0 Å². The van der Waals surface area contributed by atoms with Crippen LogP contribution >= 0.6 is 24.3 Å². The van der Waals surface area contributed by atoms with Crippen molar-refractivity contribution in [3.63, 3.8) is 0 Å². The van der Waals surface area contributed by atoms with Crippen molar-refractivity contribution >= 4 is 34.4 Å². The normalized spacial score (nSPS) is 67.9. The zero-order valence-electron chi connectivity index (χ0n) is 26.7. The predicted molar refractivity (Wildman–Crippen MR) is 183 cm³/mol. The minimum atomic E-state index is 0.0281. The maximum atomic E-state index is 2.40. The van der Waals surface area contributed by atoms with E-state index in [9.17, 15) is 0 Å². The Morgan fingerprint density at radius 1 is 0.442 bits per heavy atom. The molecule has 3 heteroatoms. The van der Waals surface area contributed by atoms with Gasteiger partial charge in [0.05, 0.1) is 4.90 Å². The minimum absolute atomic E-state index is 0.0281. The highest BCUT2D eigenvalue weighted by Gasteiger charge is 2.74. The second kappa shape index (κ2) is 8.14. The topological polar surface area (TPSA) is 0 Å². The second-order valence-electron chi connectivity index (χ2n) is 20.9. The van der Waals surface area contributed by atoms with Gasteiger partial charge in [0.25, 0.3) is 0 Å². The zero-order valence-corrected chi connectivity index (χ0v) is 29.4. The Balaban J connectivity index is 1.07. The molecule has 3 aliphatic heterocycles. The molecule has 0 spiro atoms. The Morgan fingerprint density at radius 2 is 0.814 bits per heavy atom. The van der Waals surface area contributed by atoms with Crippen molar-refractivity contribution < 1.29 is 0 Å². The van der Waals surface area contributed by atoms with Crippen molar-refractivity contribution in [2.24, 2.45) is 87.3 Å². The quantitative estimate of drug-likeness (QED) is 0.273. The van der Waals surface area contributed by atoms with Crippen LogP contribution in [0.25, 0.3) is 0 Å². The molecule has 230 valence electrons. The van der Waals surface area contributed by atoms with Crippen molar-refractivity contribution in [3.05, 3.63) is 0 Å². The van der Waals surface area contributed by atoms with E-state index >= 15 is 0 Å². The zero-order chi connectivity index (χ0) is 27.5. The highest BCUT2D eigenvalue weighted by molar-refractivity contribution is 8.06. The number of hydrogen-bond donors (Lipinski definition) is 0. The fraction of sp³-hybridized carbons (Fsp3) is 0.950. The molecule has 17 aliphatic rings. The number of fused-ring (bicyclic) bond motifs is 2. The lowest BCUT2D eigenvalue weighted by Crippen LogP contribution is -2.64. The molecule has 14 aliphatic carbocycles. The molecular formula is C40H55P3. The molecule has 17 rings (SSSR count). The first kappa shape index (κ1) is 25.7. The molecule has 0 unspecified atom stereocenters. The van der Waals surface area contributed by atoms with Crippen LogP contribution in [0.2, 0.25) is 0 Å². The molecule has 0 aromatic carbocycles. The number of hydrogen-bond acceptors (Lipinski definition) is 0. The summed E-state index contributed by atoms with van der Waals surface area (Å²) < 4.78 is 0. The maximum Gasteiger partial charge on any atom is 0.0636 e. The standard InChI is InChI=1S/C40H55P3/c1-2-32-12-31(1)33-34(32)43-35(37-13-22-3-23(14-37)5-24(4-22)15-37)41-40(33,39-19-28-9-29(20-39)11-30(10-28)21-39)42-36(43)38-16-25-6-26(17-38)8-27(7-25)18-38/h22-34H,1-21H2/t22?,23?,24?,25?,26?,27?,28?,29?,30?,31-,32+,33+,34-,37?,38?,39?,40?,43?/m0/s1. The molecule has 4 atom stereocenters. The van der Waals surface area contributed by atoms with E-state index in [0.717, 1.165) is 76.4 Å². The SMILES string of the molecule is C1C2CC3CC1CC(C1=PC4(C56CC7CC(CC(C7)C5)C6)P=C(C56CC7CC(CC(C7)C5)C6)P1[C@H]1[C@@H]5CC[C@@H](C5)[C@H]14)(C2)C3. The number of rotatable bonds is 3. The van der Waals surface area contributed by atoms with Crippen molar-refractivity contribution in [1.82, 2.24) is 0 Å². The Morgan fingerprint density at radius 3 is 1.23 bits per heavy atom. The van der Waals surface area contributed by atoms with Gasteiger partial charge >= 0.3 is 0 Å². The van der Waals surface area contributed by atoms with Crippen LogP contribution in [0.15, 0.2) is 0 Å². The molecule has 3 heterocycles. The van der Waals surface area contributed by atoms with Gasteiger partial charge in [-0.2, -0.15) is 0 Å². The van der Waals surface area contributed by atoms with Crippen LogP contribution in [0, 0.1) is 87.3 Å². The van der Waals surface area contributed by atoms with E-state index in [1.54, 1.807) is 135 Å². The third-order valence-electron chi connectivity index (χ3n) is 18.5. The molecule has 14 saturated carbocycles. The van der Waals surface area contributed by atoms with E-state index in [1.807, 2.05) is 0 Å². The fourth-order valence-electron chi connectivity index (χ4n) is 18.9. The molecule has 16 bridgehead atoms. The average molecular weight is 629 g/mol. The van der Waals surface area contributed by atoms with Crippen LogP contribution in [0.5, 0.6) is 0 Å². The van der Waals surface area contributed by atoms with E-state index in [2.05, 4.69) is 26.5 Å². The monoisotopic (exact) mass is 628 g/mol. The maximum absolute atomic E-state index is 2.40. The van der Waals surface area contributed by atoms with Crippen LogP contribution in [-0.4, -0.2) is 20.6 Å². The van der Waals surface area contributed by atoms with E-state index < -0.39 is 0 Å². The van der Waals surface area contributed by atoms with Crippen molar-refractivity contribution in [2.75, 3.05) is 0 Å². The largest absolute Gasteiger partial charge is 0.0826 e. The van der Waals surface area contributed by atoms with Gasteiger partial charge in [-0.1, -0.05) is 16.4 Å². The Kier molecular flexibility index (Phi) is 4.87. The first-order valence-corrected chi connectivity index (χ1v) is 23.2. The summed E-state index contributed by atoms with van der Waals surface area (Å²) in [6.45, 7) is 0. The first-order valence-electron chi connectivity index (χ1n) is 20.0. The van der Waals surface area contributed by atoms with Crippen LogP contribution in [0.3, 0.4) is 0 Å². The lowest BCUT2D eigenvalue weighted by molar-refractivity contribution is -0.0725. The molecular weight excluding hydrogens is 573 g/mol. The van der Waals surface area contributed by atoms with Gasteiger partial charge < -0.3 is 0 Å². The summed E-state index contributed by atoms with van der Waals surface area (Å²) in [6, 6.07) is 0. The highest BCUT2D eigenvalue weighted by atomic mass is 31.2. The van der Waals surface area contributed by atoms with Crippen molar-refractivity contribution in [1.29, 1.82) is 0 Å². The smallest absolute Gasteiger partial charge is 0.0636 e. The van der Waals surface area contributed by atoms with E-state index in [1.165, 1.54) is 5.66 Å². The minimum Gasteiger partial charge on any atom is -0.0826 e. The highest BCUT2D eigenvalue weighted by Crippen LogP contribution is 2.88. The molecule has 43 heavy (non-hydrogen) atoms. The van der Waals surface area contributed by atoms with E-state index in [-0.39, 0.29) is 7.92 Å². The first-order chi connectivity index (χ1) is 21.0. The summed E-state index contributed by atoms with van der Waals surface area (Å²) in [5, 5.41) is 4.80. The summed E-state index contributed by atoms with van der Waals surface area (Å²) in [5.41, 5.74) is 3.34. The van der Waals surface area contributed by atoms with E-state index in [4.69, 9.17) is 0 Å². The van der Waals surface area contributed by atoms with Crippen LogP contribution < -0.4 is 0 Å². The van der Waals surface area contributed by atoms with Crippen molar-refractivity contribution in [2.45, 2.75) is 145 Å². The second-order valence-corrected chi connectivity index (χ2v) is 27.0. The average Bonchev–Trinajstić information content (AvgIpc) is 3.59. The fourth-order valence-corrected chi connectivity index (χ4v) is 31.4. The summed E-state index contributed by atoms with van der Waals surface area (Å²) in [6.07, 6.45) is 34.9. The molecule has 0 nitrogen and oxygen atoms in total. The molecule has 0 aromatic rings. The summed E-state index contributed by atoms with van der Waals surface area (Å²) >= 11 is 0. The Bertz CT molecular complexity index is 1200. The summed E-state index contributed by atoms with van der Waals surface area (Å²) in [5.74, 6) is 13.6. The van der Waals surface area contributed by atoms with Crippen LogP contribution in [0.4, 0.5) is 0 Å². The Hall–Kier alpha value is 0.770.